The Morgan fingerprint density at radius 3 is 2.52 bits per heavy atom. The molecule has 0 aliphatic heterocycles. The van der Waals surface area contributed by atoms with Crippen molar-refractivity contribution in [2.45, 2.75) is 19.5 Å². The lowest BCUT2D eigenvalue weighted by Crippen LogP contribution is -3.09. The molecule has 2 aromatic carbocycles. The molecular formula is C22H25N2O2S+. The van der Waals surface area contributed by atoms with Gasteiger partial charge in [-0.3, -0.25) is 4.79 Å². The van der Waals surface area contributed by atoms with Crippen LogP contribution < -0.4 is 15.0 Å². The highest BCUT2D eigenvalue weighted by atomic mass is 32.1. The molecule has 4 nitrogen and oxygen atoms in total. The van der Waals surface area contributed by atoms with Crippen LogP contribution in [0.1, 0.15) is 23.4 Å². The number of quaternary nitrogens is 1. The van der Waals surface area contributed by atoms with E-state index >= 15 is 0 Å². The highest BCUT2D eigenvalue weighted by Crippen LogP contribution is 2.25. The zero-order valence-corrected chi connectivity index (χ0v) is 16.5. The summed E-state index contributed by atoms with van der Waals surface area (Å²) >= 11 is 1.72. The summed E-state index contributed by atoms with van der Waals surface area (Å²) in [4.78, 5) is 15.6. The Bertz CT molecular complexity index is 850. The molecule has 1 unspecified atom stereocenters. The highest BCUT2D eigenvalue weighted by molar-refractivity contribution is 7.09. The van der Waals surface area contributed by atoms with Crippen molar-refractivity contribution in [1.82, 2.24) is 0 Å². The number of benzene rings is 2. The largest absolute Gasteiger partial charge is 0.492 e. The SMILES string of the molecule is CCOc1ccccc1NC(=O)[C@H](c1ccccc1)[NH+](C)Cc1cccs1. The zero-order valence-electron chi connectivity index (χ0n) is 15.6. The number of likely N-dealkylation sites (N-methyl/N-ethyl adjacent to an activating group) is 1. The number of ether oxygens (including phenoxy) is 1. The Morgan fingerprint density at radius 2 is 1.81 bits per heavy atom. The maximum absolute atomic E-state index is 13.3. The number of nitrogens with one attached hydrogen (secondary N) is 2. The van der Waals surface area contributed by atoms with Gasteiger partial charge in [-0.1, -0.05) is 48.5 Å². The summed E-state index contributed by atoms with van der Waals surface area (Å²) in [7, 11) is 2.06. The summed E-state index contributed by atoms with van der Waals surface area (Å²) in [5, 5.41) is 5.14. The lowest BCUT2D eigenvalue weighted by atomic mass is 10.0. The molecule has 3 rings (SSSR count). The van der Waals surface area contributed by atoms with Crippen LogP contribution in [0.2, 0.25) is 0 Å². The molecule has 0 fully saturated rings. The van der Waals surface area contributed by atoms with E-state index in [1.807, 2.05) is 67.6 Å². The highest BCUT2D eigenvalue weighted by Gasteiger charge is 2.30. The van der Waals surface area contributed by atoms with Crippen molar-refractivity contribution in [3.63, 3.8) is 0 Å². The van der Waals surface area contributed by atoms with E-state index in [9.17, 15) is 4.79 Å². The van der Waals surface area contributed by atoms with Crippen LogP contribution in [0.5, 0.6) is 5.75 Å². The van der Waals surface area contributed by atoms with Crippen molar-refractivity contribution in [3.05, 3.63) is 82.6 Å². The zero-order chi connectivity index (χ0) is 19.1. The molecule has 140 valence electrons. The molecule has 3 aromatic rings. The molecule has 0 radical (unpaired) electrons. The summed E-state index contributed by atoms with van der Waals surface area (Å²) in [5.41, 5.74) is 1.70. The summed E-state index contributed by atoms with van der Waals surface area (Å²) < 4.78 is 5.65. The van der Waals surface area contributed by atoms with Gasteiger partial charge < -0.3 is 15.0 Å². The molecule has 2 N–H and O–H groups in total. The fourth-order valence-corrected chi connectivity index (χ4v) is 3.95. The van der Waals surface area contributed by atoms with Crippen LogP contribution in [0.25, 0.3) is 0 Å². The second-order valence-electron chi connectivity index (χ2n) is 6.36. The van der Waals surface area contributed by atoms with Gasteiger partial charge in [0.25, 0.3) is 5.91 Å². The minimum Gasteiger partial charge on any atom is -0.492 e. The van der Waals surface area contributed by atoms with Crippen molar-refractivity contribution in [3.8, 4) is 5.75 Å². The number of amides is 1. The lowest BCUT2D eigenvalue weighted by Gasteiger charge is -2.24. The average molecular weight is 382 g/mol. The van der Waals surface area contributed by atoms with Crippen LogP contribution >= 0.6 is 11.3 Å². The minimum absolute atomic E-state index is 0.0394. The first-order chi connectivity index (χ1) is 13.2. The number of carbonyl (C=O) groups is 1. The molecule has 27 heavy (non-hydrogen) atoms. The maximum Gasteiger partial charge on any atom is 0.287 e. The van der Waals surface area contributed by atoms with Gasteiger partial charge in [0.2, 0.25) is 0 Å². The lowest BCUT2D eigenvalue weighted by molar-refractivity contribution is -0.915. The van der Waals surface area contributed by atoms with Crippen LogP contribution in [0.4, 0.5) is 5.69 Å². The first-order valence-electron chi connectivity index (χ1n) is 9.11. The van der Waals surface area contributed by atoms with Crippen LogP contribution in [-0.4, -0.2) is 19.6 Å². The maximum atomic E-state index is 13.3. The van der Waals surface area contributed by atoms with E-state index < -0.39 is 0 Å². The van der Waals surface area contributed by atoms with E-state index in [-0.39, 0.29) is 11.9 Å². The molecule has 0 aliphatic rings. The van der Waals surface area contributed by atoms with Gasteiger partial charge >= 0.3 is 0 Å². The molecule has 0 saturated heterocycles. The summed E-state index contributed by atoms with van der Waals surface area (Å²) in [6, 6.07) is 21.3. The third kappa shape index (κ3) is 4.96. The summed E-state index contributed by atoms with van der Waals surface area (Å²) in [6.07, 6.45) is 0. The van der Waals surface area contributed by atoms with E-state index in [1.54, 1.807) is 11.3 Å². The van der Waals surface area contributed by atoms with Gasteiger partial charge in [0.1, 0.15) is 12.3 Å². The standard InChI is InChI=1S/C22H24N2O2S/c1-3-26-20-14-8-7-13-19(20)23-22(25)21(17-10-5-4-6-11-17)24(2)16-18-12-9-15-27-18/h4-15,21H,3,16H2,1-2H3,(H,23,25)/p+1/t21-/m0/s1. The fraction of sp³-hybridized carbons (Fsp3) is 0.227. The van der Waals surface area contributed by atoms with Crippen LogP contribution in [0.15, 0.2) is 72.1 Å². The Hall–Kier alpha value is -2.63. The number of carbonyl (C=O) groups excluding carboxylic acids is 1. The fourth-order valence-electron chi connectivity index (χ4n) is 3.15. The van der Waals surface area contributed by atoms with Gasteiger partial charge in [-0.25, -0.2) is 0 Å². The number of thiophene rings is 1. The average Bonchev–Trinajstić information content (AvgIpc) is 3.17. The van der Waals surface area contributed by atoms with Gasteiger partial charge in [-0.15, -0.1) is 11.3 Å². The molecule has 0 bridgehead atoms. The van der Waals surface area contributed by atoms with E-state index in [1.165, 1.54) is 4.88 Å². The van der Waals surface area contributed by atoms with Crippen molar-refractivity contribution < 1.29 is 14.4 Å². The number of para-hydroxylation sites is 2. The molecule has 5 heteroatoms. The molecular weight excluding hydrogens is 356 g/mol. The number of rotatable bonds is 8. The predicted molar refractivity (Wildman–Crippen MR) is 110 cm³/mol. The molecule has 0 spiro atoms. The van der Waals surface area contributed by atoms with E-state index in [4.69, 9.17) is 4.74 Å². The molecule has 0 aliphatic carbocycles. The number of hydrogen-bond donors (Lipinski definition) is 2. The third-order valence-electron chi connectivity index (χ3n) is 4.37. The van der Waals surface area contributed by atoms with Gasteiger partial charge in [0.15, 0.2) is 6.04 Å². The summed E-state index contributed by atoms with van der Waals surface area (Å²) in [5.74, 6) is 0.651. The molecule has 1 aromatic heterocycles. The third-order valence-corrected chi connectivity index (χ3v) is 5.24. The molecule has 0 saturated carbocycles. The van der Waals surface area contributed by atoms with Gasteiger partial charge in [-0.05, 0) is 30.5 Å². The Kier molecular flexibility index (Phi) is 6.63. The van der Waals surface area contributed by atoms with Crippen LogP contribution in [0, 0.1) is 0 Å². The Labute approximate surface area is 164 Å². The van der Waals surface area contributed by atoms with Crippen molar-refractivity contribution in [2.24, 2.45) is 0 Å². The molecule has 1 heterocycles. The van der Waals surface area contributed by atoms with Crippen molar-refractivity contribution >= 4 is 22.9 Å². The van der Waals surface area contributed by atoms with Crippen LogP contribution in [-0.2, 0) is 11.3 Å². The Morgan fingerprint density at radius 1 is 1.07 bits per heavy atom. The van der Waals surface area contributed by atoms with E-state index in [2.05, 4.69) is 23.8 Å². The molecule has 1 amide bonds. The quantitative estimate of drug-likeness (QED) is 0.627. The second kappa shape index (κ2) is 9.35. The van der Waals surface area contributed by atoms with Crippen molar-refractivity contribution in [2.75, 3.05) is 19.0 Å². The van der Waals surface area contributed by atoms with Gasteiger partial charge in [0.05, 0.1) is 24.2 Å². The monoisotopic (exact) mass is 381 g/mol. The number of anilines is 1. The van der Waals surface area contributed by atoms with E-state index in [0.29, 0.717) is 18.0 Å². The summed E-state index contributed by atoms with van der Waals surface area (Å²) in [6.45, 7) is 3.28. The minimum atomic E-state index is -0.317. The normalized spacial score (nSPS) is 13.0. The van der Waals surface area contributed by atoms with E-state index in [0.717, 1.165) is 17.0 Å². The van der Waals surface area contributed by atoms with Crippen LogP contribution in [0.3, 0.4) is 0 Å². The first kappa shape index (κ1) is 19.1. The van der Waals surface area contributed by atoms with Crippen molar-refractivity contribution in [1.29, 1.82) is 0 Å². The second-order valence-corrected chi connectivity index (χ2v) is 7.40. The van der Waals surface area contributed by atoms with Gasteiger partial charge in [0, 0.05) is 5.56 Å². The smallest absolute Gasteiger partial charge is 0.287 e. The topological polar surface area (TPSA) is 42.8 Å². The predicted octanol–water partition coefficient (Wildman–Crippen LogP) is 3.54. The number of hydrogen-bond acceptors (Lipinski definition) is 3. The molecule has 2 atom stereocenters. The van der Waals surface area contributed by atoms with Gasteiger partial charge in [-0.2, -0.15) is 0 Å². The Balaban J connectivity index is 1.85. The first-order valence-corrected chi connectivity index (χ1v) is 9.99.